The number of aryl methyl sites for hydroxylation is 2. The molecule has 0 aliphatic rings. The number of amides is 1. The van der Waals surface area contributed by atoms with Crippen LogP contribution in [0.15, 0.2) is 56.4 Å². The molecular formula is C19H16N4O3S2. The van der Waals surface area contributed by atoms with E-state index in [2.05, 4.69) is 15.4 Å². The van der Waals surface area contributed by atoms with Crippen molar-refractivity contribution in [2.24, 2.45) is 0 Å². The van der Waals surface area contributed by atoms with Gasteiger partial charge in [-0.05, 0) is 30.5 Å². The Balaban J connectivity index is 1.39. The number of carbonyl (C=O) groups is 1. The minimum atomic E-state index is -0.572. The van der Waals surface area contributed by atoms with Crippen LogP contribution in [0.1, 0.15) is 11.4 Å². The van der Waals surface area contributed by atoms with Gasteiger partial charge < -0.3 is 9.73 Å². The van der Waals surface area contributed by atoms with Crippen LogP contribution in [-0.4, -0.2) is 20.7 Å². The van der Waals surface area contributed by atoms with Crippen LogP contribution in [0.2, 0.25) is 0 Å². The number of benzene rings is 1. The number of hydrogen-bond acceptors (Lipinski definition) is 7. The van der Waals surface area contributed by atoms with E-state index in [9.17, 15) is 9.59 Å². The zero-order valence-electron chi connectivity index (χ0n) is 14.9. The first-order valence-electron chi connectivity index (χ1n) is 8.53. The number of rotatable bonds is 6. The molecule has 1 aromatic carbocycles. The van der Waals surface area contributed by atoms with Crippen molar-refractivity contribution in [2.75, 3.05) is 5.32 Å². The maximum atomic E-state index is 12.3. The highest BCUT2D eigenvalue weighted by Crippen LogP contribution is 2.24. The zero-order chi connectivity index (χ0) is 19.5. The summed E-state index contributed by atoms with van der Waals surface area (Å²) in [7, 11) is 0. The highest BCUT2D eigenvalue weighted by atomic mass is 32.1. The lowest BCUT2D eigenvalue weighted by molar-refractivity contribution is -0.116. The van der Waals surface area contributed by atoms with E-state index in [1.165, 1.54) is 16.0 Å². The molecule has 0 fully saturated rings. The molecule has 0 aliphatic carbocycles. The summed E-state index contributed by atoms with van der Waals surface area (Å²) in [6.07, 6.45) is 0.107. The SMILES string of the molecule is Cc1nc(-c2cccc(NC(=O)CCn3nc(-c4cccs4)oc3=O)c2)cs1. The maximum Gasteiger partial charge on any atom is 0.437 e. The fourth-order valence-electron chi connectivity index (χ4n) is 2.63. The van der Waals surface area contributed by atoms with Gasteiger partial charge in [-0.1, -0.05) is 18.2 Å². The minimum absolute atomic E-state index is 0.107. The van der Waals surface area contributed by atoms with Gasteiger partial charge in [0.05, 0.1) is 22.1 Å². The van der Waals surface area contributed by atoms with Crippen LogP contribution in [0, 0.1) is 6.92 Å². The predicted molar refractivity (Wildman–Crippen MR) is 110 cm³/mol. The third-order valence-corrected chi connectivity index (χ3v) is 5.58. The molecule has 3 heterocycles. The first-order valence-corrected chi connectivity index (χ1v) is 10.3. The molecule has 0 saturated heterocycles. The zero-order valence-corrected chi connectivity index (χ0v) is 16.5. The molecule has 0 bridgehead atoms. The fraction of sp³-hybridized carbons (Fsp3) is 0.158. The van der Waals surface area contributed by atoms with Crippen LogP contribution >= 0.6 is 22.7 Å². The molecule has 4 rings (SSSR count). The molecule has 7 nitrogen and oxygen atoms in total. The van der Waals surface area contributed by atoms with Gasteiger partial charge in [0, 0.05) is 23.1 Å². The topological polar surface area (TPSA) is 90.0 Å². The summed E-state index contributed by atoms with van der Waals surface area (Å²) in [5, 5.41) is 11.8. The van der Waals surface area contributed by atoms with Crippen LogP contribution < -0.4 is 11.1 Å². The van der Waals surface area contributed by atoms with Crippen LogP contribution in [0.4, 0.5) is 5.69 Å². The Hall–Kier alpha value is -3.04. The second-order valence-electron chi connectivity index (χ2n) is 6.00. The molecule has 0 spiro atoms. The Morgan fingerprint density at radius 3 is 2.89 bits per heavy atom. The first kappa shape index (κ1) is 18.3. The van der Waals surface area contributed by atoms with Crippen molar-refractivity contribution in [1.29, 1.82) is 0 Å². The molecule has 28 heavy (non-hydrogen) atoms. The summed E-state index contributed by atoms with van der Waals surface area (Å²) in [5.74, 6) is -0.511. The van der Waals surface area contributed by atoms with Crippen LogP contribution in [0.5, 0.6) is 0 Å². The van der Waals surface area contributed by atoms with Crippen LogP contribution in [-0.2, 0) is 11.3 Å². The monoisotopic (exact) mass is 412 g/mol. The second-order valence-corrected chi connectivity index (χ2v) is 8.01. The highest BCUT2D eigenvalue weighted by molar-refractivity contribution is 7.13. The van der Waals surface area contributed by atoms with Crippen LogP contribution in [0.3, 0.4) is 0 Å². The van der Waals surface area contributed by atoms with Gasteiger partial charge in [-0.3, -0.25) is 4.79 Å². The summed E-state index contributed by atoms with van der Waals surface area (Å²) in [6.45, 7) is 2.10. The highest BCUT2D eigenvalue weighted by Gasteiger charge is 2.12. The van der Waals surface area contributed by atoms with E-state index < -0.39 is 5.76 Å². The van der Waals surface area contributed by atoms with E-state index in [4.69, 9.17) is 4.42 Å². The summed E-state index contributed by atoms with van der Waals surface area (Å²) >= 11 is 3.01. The standard InChI is InChI=1S/C19H16N4O3S2/c1-12-20-15(11-28-12)13-4-2-5-14(10-13)21-17(24)7-8-23-19(25)26-18(22-23)16-6-3-9-27-16/h2-6,9-11H,7-8H2,1H3,(H,21,24). The largest absolute Gasteiger partial charge is 0.437 e. The van der Waals surface area contributed by atoms with Gasteiger partial charge in [0.25, 0.3) is 5.89 Å². The Kier molecular flexibility index (Phi) is 5.18. The van der Waals surface area contributed by atoms with Gasteiger partial charge in [0.1, 0.15) is 0 Å². The fourth-order valence-corrected chi connectivity index (χ4v) is 3.90. The maximum absolute atomic E-state index is 12.3. The number of nitrogens with one attached hydrogen (secondary N) is 1. The molecule has 4 aromatic rings. The molecule has 0 radical (unpaired) electrons. The summed E-state index contributed by atoms with van der Waals surface area (Å²) in [4.78, 5) is 29.4. The van der Waals surface area contributed by atoms with E-state index in [0.717, 1.165) is 21.1 Å². The Morgan fingerprint density at radius 1 is 1.25 bits per heavy atom. The number of aromatic nitrogens is 3. The summed E-state index contributed by atoms with van der Waals surface area (Å²) < 4.78 is 6.32. The van der Waals surface area contributed by atoms with E-state index in [1.807, 2.05) is 54.1 Å². The lowest BCUT2D eigenvalue weighted by atomic mass is 10.1. The van der Waals surface area contributed by atoms with Crippen molar-refractivity contribution < 1.29 is 9.21 Å². The molecule has 0 atom stereocenters. The third kappa shape index (κ3) is 4.10. The van der Waals surface area contributed by atoms with E-state index in [-0.39, 0.29) is 24.8 Å². The molecule has 9 heteroatoms. The minimum Gasteiger partial charge on any atom is -0.387 e. The average molecular weight is 412 g/mol. The van der Waals surface area contributed by atoms with Gasteiger partial charge in [-0.15, -0.1) is 27.8 Å². The number of anilines is 1. The molecule has 1 N–H and O–H groups in total. The molecule has 0 saturated carbocycles. The average Bonchev–Trinajstić information content (AvgIpc) is 3.41. The quantitative estimate of drug-likeness (QED) is 0.516. The smallest absolute Gasteiger partial charge is 0.387 e. The van der Waals surface area contributed by atoms with Gasteiger partial charge in [-0.2, -0.15) is 4.68 Å². The Morgan fingerprint density at radius 2 is 2.14 bits per heavy atom. The predicted octanol–water partition coefficient (Wildman–Crippen LogP) is 4.03. The molecule has 3 aromatic heterocycles. The van der Waals surface area contributed by atoms with Gasteiger partial charge in [-0.25, -0.2) is 9.78 Å². The Bertz CT molecular complexity index is 1160. The van der Waals surface area contributed by atoms with Gasteiger partial charge in [0.2, 0.25) is 5.91 Å². The van der Waals surface area contributed by atoms with Crippen molar-refractivity contribution in [3.8, 4) is 22.0 Å². The lowest BCUT2D eigenvalue weighted by Crippen LogP contribution is -2.20. The number of hydrogen-bond donors (Lipinski definition) is 1. The van der Waals surface area contributed by atoms with Crippen molar-refractivity contribution in [2.45, 2.75) is 19.9 Å². The summed E-state index contributed by atoms with van der Waals surface area (Å²) in [6, 6.07) is 11.2. The molecule has 0 aliphatic heterocycles. The van der Waals surface area contributed by atoms with Crippen molar-refractivity contribution >= 4 is 34.3 Å². The van der Waals surface area contributed by atoms with Crippen molar-refractivity contribution in [3.63, 3.8) is 0 Å². The normalized spacial score (nSPS) is 10.9. The number of carbonyl (C=O) groups excluding carboxylic acids is 1. The van der Waals surface area contributed by atoms with Crippen LogP contribution in [0.25, 0.3) is 22.0 Å². The molecular weight excluding hydrogens is 396 g/mol. The van der Waals surface area contributed by atoms with E-state index in [0.29, 0.717) is 5.69 Å². The second kappa shape index (κ2) is 7.91. The molecule has 142 valence electrons. The van der Waals surface area contributed by atoms with E-state index in [1.54, 1.807) is 11.3 Å². The Labute approximate surface area is 168 Å². The van der Waals surface area contributed by atoms with Crippen molar-refractivity contribution in [1.82, 2.24) is 14.8 Å². The first-order chi connectivity index (χ1) is 13.6. The molecule has 1 amide bonds. The molecule has 0 unspecified atom stereocenters. The lowest BCUT2D eigenvalue weighted by Gasteiger charge is -2.06. The third-order valence-electron chi connectivity index (χ3n) is 3.95. The number of thiazole rings is 1. The number of thiophene rings is 1. The van der Waals surface area contributed by atoms with Gasteiger partial charge >= 0.3 is 5.76 Å². The van der Waals surface area contributed by atoms with E-state index >= 15 is 0 Å². The van der Waals surface area contributed by atoms with Crippen molar-refractivity contribution in [3.05, 3.63) is 62.7 Å². The van der Waals surface area contributed by atoms with Gasteiger partial charge in [0.15, 0.2) is 0 Å². The number of nitrogens with zero attached hydrogens (tertiary/aromatic N) is 3. The summed E-state index contributed by atoms with van der Waals surface area (Å²) in [5.41, 5.74) is 2.50.